The third kappa shape index (κ3) is 3.93. The van der Waals surface area contributed by atoms with Crippen LogP contribution in [0.25, 0.3) is 6.08 Å². The second-order valence-corrected chi connectivity index (χ2v) is 6.82. The molecule has 0 unspecified atom stereocenters. The summed E-state index contributed by atoms with van der Waals surface area (Å²) in [6.45, 7) is 3.01. The van der Waals surface area contributed by atoms with Crippen molar-refractivity contribution in [2.45, 2.75) is 19.4 Å². The van der Waals surface area contributed by atoms with Crippen molar-refractivity contribution < 1.29 is 18.7 Å². The van der Waals surface area contributed by atoms with Crippen molar-refractivity contribution in [2.24, 2.45) is 5.92 Å². The first kappa shape index (κ1) is 18.3. The first-order valence-corrected chi connectivity index (χ1v) is 9.14. The number of hydrogen-bond donors (Lipinski definition) is 3. The van der Waals surface area contributed by atoms with Gasteiger partial charge in [-0.25, -0.2) is 4.98 Å². The lowest BCUT2D eigenvalue weighted by Crippen LogP contribution is -2.38. The predicted molar refractivity (Wildman–Crippen MR) is 112 cm³/mol. The Labute approximate surface area is 167 Å². The highest BCUT2D eigenvalue weighted by atomic mass is 16.5. The van der Waals surface area contributed by atoms with E-state index in [1.165, 1.54) is 0 Å². The van der Waals surface area contributed by atoms with Crippen LogP contribution >= 0.6 is 0 Å². The van der Waals surface area contributed by atoms with Crippen LogP contribution in [0.15, 0.2) is 30.4 Å². The first-order valence-electron chi connectivity index (χ1n) is 9.14. The van der Waals surface area contributed by atoms with Crippen molar-refractivity contribution in [2.75, 3.05) is 23.8 Å². The number of aryl methyl sites for hydroxylation is 1. The molecule has 2 aliphatic heterocycles. The van der Waals surface area contributed by atoms with Crippen LogP contribution in [-0.2, 0) is 4.74 Å². The molecular formula is C19H26BN5O3. The number of anilines is 3. The van der Waals surface area contributed by atoms with Gasteiger partial charge in [-0.15, -0.1) is 0 Å². The molecule has 2 aromatic rings. The molecule has 0 bridgehead atoms. The molecule has 8 nitrogen and oxygen atoms in total. The van der Waals surface area contributed by atoms with Crippen molar-refractivity contribution in [3.63, 3.8) is 0 Å². The molecule has 2 atom stereocenters. The van der Waals surface area contributed by atoms with Crippen molar-refractivity contribution in [3.05, 3.63) is 41.5 Å². The molecule has 3 N–H and O–H groups in total. The van der Waals surface area contributed by atoms with E-state index in [0.717, 1.165) is 16.8 Å². The van der Waals surface area contributed by atoms with Crippen molar-refractivity contribution in [1.82, 2.24) is 9.97 Å². The number of nitrogens with one attached hydrogen (secondary N) is 2. The Balaban J connectivity index is 0.00000160. The quantitative estimate of drug-likeness (QED) is 0.691. The Morgan fingerprint density at radius 3 is 3.18 bits per heavy atom. The number of benzene rings is 1. The summed E-state index contributed by atoms with van der Waals surface area (Å²) in [5.74, 6) is 3.21. The zero-order valence-corrected chi connectivity index (χ0v) is 15.4. The van der Waals surface area contributed by atoms with E-state index in [2.05, 4.69) is 26.7 Å². The highest BCUT2D eigenvalue weighted by Crippen LogP contribution is 2.29. The van der Waals surface area contributed by atoms with Gasteiger partial charge in [0, 0.05) is 33.9 Å². The normalized spacial score (nSPS) is 20.7. The summed E-state index contributed by atoms with van der Waals surface area (Å²) in [6, 6.07) is 7.76. The molecule has 1 aromatic carbocycles. The second-order valence-electron chi connectivity index (χ2n) is 6.82. The summed E-state index contributed by atoms with van der Waals surface area (Å²) < 4.78 is 10.8. The zero-order chi connectivity index (χ0) is 19.5. The van der Waals surface area contributed by atoms with Crippen LogP contribution in [0.1, 0.15) is 21.8 Å². The molecule has 0 radical (unpaired) electrons. The van der Waals surface area contributed by atoms with Crippen molar-refractivity contribution in [3.8, 4) is 11.8 Å². The molecule has 3 heterocycles. The molecule has 4 rings (SSSR count). The SMILES string of the molecule is Cc1cnc(Nc2ccc3c(c2)C=CB(O)O3)nc1N[C@H]1COCC[C@@H]1C#N.[HH].[HH].[HH]. The van der Waals surface area contributed by atoms with E-state index in [0.29, 0.717) is 37.2 Å². The fourth-order valence-electron chi connectivity index (χ4n) is 3.21. The summed E-state index contributed by atoms with van der Waals surface area (Å²) in [5, 5.41) is 25.4. The van der Waals surface area contributed by atoms with Gasteiger partial charge in [-0.05, 0) is 37.5 Å². The Kier molecular flexibility index (Phi) is 5.15. The van der Waals surface area contributed by atoms with E-state index in [-0.39, 0.29) is 16.2 Å². The Bertz CT molecular complexity index is 960. The highest BCUT2D eigenvalue weighted by molar-refractivity contribution is 6.51. The topological polar surface area (TPSA) is 112 Å². The van der Waals surface area contributed by atoms with E-state index in [9.17, 15) is 10.3 Å². The average molecular weight is 383 g/mol. The number of hydrogen-bond acceptors (Lipinski definition) is 8. The van der Waals surface area contributed by atoms with Crippen LogP contribution in [0, 0.1) is 24.2 Å². The molecule has 148 valence electrons. The standard InChI is InChI=1S/C19H20BN5O3.3H2/c1-12-10-22-19(25-18(12)24-16-11-27-7-5-14(16)9-21)23-15-2-3-17-13(8-15)4-6-20(26)28-17;;;/h2-4,6,8,10,14,16,26H,5,7,11H2,1H3,(H2,22,23,24,25);3*1H/t14-,16+;;;/m1.../s1. The first-order chi connectivity index (χ1) is 13.6. The van der Waals surface area contributed by atoms with Crippen LogP contribution in [0.4, 0.5) is 17.5 Å². The van der Waals surface area contributed by atoms with Gasteiger partial charge in [-0.2, -0.15) is 10.2 Å². The Morgan fingerprint density at radius 2 is 2.32 bits per heavy atom. The number of aromatic nitrogens is 2. The molecule has 1 fully saturated rings. The lowest BCUT2D eigenvalue weighted by atomic mass is 9.86. The summed E-state index contributed by atoms with van der Waals surface area (Å²) in [6.07, 6.45) is 4.26. The number of nitrogens with zero attached hydrogens (tertiary/aromatic N) is 3. The fourth-order valence-corrected chi connectivity index (χ4v) is 3.21. The van der Waals surface area contributed by atoms with Gasteiger partial charge in [0.25, 0.3) is 0 Å². The number of nitriles is 1. The van der Waals surface area contributed by atoms with E-state index in [4.69, 9.17) is 9.39 Å². The third-order valence-corrected chi connectivity index (χ3v) is 4.77. The van der Waals surface area contributed by atoms with Gasteiger partial charge in [0.05, 0.1) is 24.6 Å². The molecule has 1 aromatic heterocycles. The maximum Gasteiger partial charge on any atom is 0.552 e. The van der Waals surface area contributed by atoms with Crippen molar-refractivity contribution >= 4 is 30.6 Å². The monoisotopic (exact) mass is 383 g/mol. The lowest BCUT2D eigenvalue weighted by molar-refractivity contribution is 0.0698. The molecule has 0 amide bonds. The molecule has 1 saturated heterocycles. The zero-order valence-electron chi connectivity index (χ0n) is 15.4. The third-order valence-electron chi connectivity index (χ3n) is 4.77. The molecule has 2 aliphatic rings. The van der Waals surface area contributed by atoms with E-state index in [1.807, 2.05) is 25.1 Å². The molecular weight excluding hydrogens is 357 g/mol. The van der Waals surface area contributed by atoms with Crippen LogP contribution in [0.5, 0.6) is 5.75 Å². The van der Waals surface area contributed by atoms with Crippen LogP contribution in [0.3, 0.4) is 0 Å². The maximum atomic E-state index is 9.51. The minimum atomic E-state index is -0.915. The number of rotatable bonds is 4. The molecule has 0 aliphatic carbocycles. The lowest BCUT2D eigenvalue weighted by Gasteiger charge is -2.28. The van der Waals surface area contributed by atoms with Gasteiger partial charge in [-0.1, -0.05) is 6.08 Å². The van der Waals surface area contributed by atoms with Gasteiger partial charge < -0.3 is 25.0 Å². The van der Waals surface area contributed by atoms with Gasteiger partial charge >= 0.3 is 7.12 Å². The van der Waals surface area contributed by atoms with Gasteiger partial charge in [-0.3, -0.25) is 0 Å². The minimum absolute atomic E-state index is 0. The molecule has 0 saturated carbocycles. The maximum absolute atomic E-state index is 9.51. The van der Waals surface area contributed by atoms with E-state index < -0.39 is 7.12 Å². The minimum Gasteiger partial charge on any atom is -0.532 e. The Hall–Kier alpha value is -3.09. The van der Waals surface area contributed by atoms with Crippen LogP contribution < -0.4 is 15.3 Å². The highest BCUT2D eigenvalue weighted by Gasteiger charge is 2.26. The summed E-state index contributed by atoms with van der Waals surface area (Å²) in [4.78, 5) is 8.91. The van der Waals surface area contributed by atoms with Gasteiger partial charge in [0.2, 0.25) is 5.95 Å². The van der Waals surface area contributed by atoms with E-state index >= 15 is 0 Å². The smallest absolute Gasteiger partial charge is 0.532 e. The van der Waals surface area contributed by atoms with Gasteiger partial charge in [0.1, 0.15) is 11.6 Å². The van der Waals surface area contributed by atoms with Crippen LogP contribution in [0.2, 0.25) is 0 Å². The summed E-state index contributed by atoms with van der Waals surface area (Å²) in [7, 11) is -0.915. The molecule has 0 spiro atoms. The summed E-state index contributed by atoms with van der Waals surface area (Å²) >= 11 is 0. The second kappa shape index (κ2) is 7.88. The van der Waals surface area contributed by atoms with Crippen LogP contribution in [-0.4, -0.2) is 41.4 Å². The molecule has 9 heteroatoms. The average Bonchev–Trinajstić information content (AvgIpc) is 2.71. The fraction of sp³-hybridized carbons (Fsp3) is 0.316. The Morgan fingerprint density at radius 1 is 1.43 bits per heavy atom. The predicted octanol–water partition coefficient (Wildman–Crippen LogP) is 3.03. The molecule has 28 heavy (non-hydrogen) atoms. The number of ether oxygens (including phenoxy) is 1. The van der Waals surface area contributed by atoms with Gasteiger partial charge in [0.15, 0.2) is 0 Å². The largest absolute Gasteiger partial charge is 0.552 e. The van der Waals surface area contributed by atoms with Crippen molar-refractivity contribution in [1.29, 1.82) is 5.26 Å². The number of fused-ring (bicyclic) bond motifs is 1. The summed E-state index contributed by atoms with van der Waals surface area (Å²) in [5.41, 5.74) is 2.55. The van der Waals surface area contributed by atoms with E-state index in [1.54, 1.807) is 18.2 Å².